The second kappa shape index (κ2) is 4.22. The number of hydrogen-bond donors (Lipinski definition) is 0. The highest BCUT2D eigenvalue weighted by Crippen LogP contribution is 2.63. The van der Waals surface area contributed by atoms with Gasteiger partial charge in [0.1, 0.15) is 0 Å². The number of rotatable bonds is 3. The van der Waals surface area contributed by atoms with Crippen molar-refractivity contribution in [1.82, 2.24) is 9.34 Å². The molecule has 0 saturated carbocycles. The Bertz CT molecular complexity index is 269. The molecule has 0 fully saturated rings. The maximum atomic E-state index is 13.7. The Kier molecular flexibility index (Phi) is 4.32. The minimum atomic E-state index is -3.35. The van der Waals surface area contributed by atoms with Crippen molar-refractivity contribution in [2.24, 2.45) is 4.52 Å². The van der Waals surface area contributed by atoms with E-state index in [9.17, 15) is 8.39 Å². The summed E-state index contributed by atoms with van der Waals surface area (Å²) in [6.45, 7) is 1.32. The minimum absolute atomic E-state index is 1.24. The highest BCUT2D eigenvalue weighted by Gasteiger charge is 2.22. The van der Waals surface area contributed by atoms with Crippen LogP contribution in [0, 0.1) is 0 Å². The van der Waals surface area contributed by atoms with E-state index in [4.69, 9.17) is 0 Å². The monoisotopic (exact) mass is 231 g/mol. The van der Waals surface area contributed by atoms with Crippen LogP contribution in [-0.4, -0.2) is 50.5 Å². The van der Waals surface area contributed by atoms with Gasteiger partial charge < -0.3 is 0 Å². The first-order chi connectivity index (χ1) is 5.59. The van der Waals surface area contributed by atoms with E-state index in [0.717, 1.165) is 0 Å². The number of nitrogens with zero attached hydrogens (tertiary/aromatic N) is 3. The molecule has 80 valence electrons. The maximum Gasteiger partial charge on any atom is 0.219 e. The SMILES string of the molecule is C=P(F)(N=P(C)(F)N(C)C)N(C)C. The van der Waals surface area contributed by atoms with E-state index in [0.29, 0.717) is 0 Å². The average Bonchev–Trinajstić information content (AvgIpc) is 1.83. The van der Waals surface area contributed by atoms with Crippen molar-refractivity contribution in [1.29, 1.82) is 0 Å². The van der Waals surface area contributed by atoms with Gasteiger partial charge in [-0.1, -0.05) is 0 Å². The maximum absolute atomic E-state index is 13.7. The van der Waals surface area contributed by atoms with E-state index < -0.39 is 15.0 Å². The third kappa shape index (κ3) is 3.90. The number of hydrogen-bond acceptors (Lipinski definition) is 2. The molecule has 0 aliphatic carbocycles. The van der Waals surface area contributed by atoms with Crippen LogP contribution < -0.4 is 0 Å². The van der Waals surface area contributed by atoms with Gasteiger partial charge in [-0.2, -0.15) is 12.9 Å². The third-order valence-electron chi connectivity index (χ3n) is 1.64. The third-order valence-corrected chi connectivity index (χ3v) is 6.73. The van der Waals surface area contributed by atoms with Crippen molar-refractivity contribution in [3.63, 3.8) is 0 Å². The molecular weight excluding hydrogens is 214 g/mol. The molecule has 0 N–H and O–H groups in total. The van der Waals surface area contributed by atoms with Crippen LogP contribution in [0.2, 0.25) is 0 Å². The van der Waals surface area contributed by atoms with Crippen molar-refractivity contribution in [3.8, 4) is 0 Å². The molecule has 0 radical (unpaired) electrons. The summed E-state index contributed by atoms with van der Waals surface area (Å²) < 4.78 is 33.4. The molecule has 0 aromatic rings. The second-order valence-electron chi connectivity index (χ2n) is 3.24. The summed E-state index contributed by atoms with van der Waals surface area (Å²) in [5.41, 5.74) is 0. The highest BCUT2D eigenvalue weighted by atomic mass is 31.2. The summed E-state index contributed by atoms with van der Waals surface area (Å²) in [7, 11) is -0.385. The van der Waals surface area contributed by atoms with E-state index >= 15 is 0 Å². The van der Waals surface area contributed by atoms with Gasteiger partial charge in [-0.3, -0.25) is 4.67 Å². The average molecular weight is 231 g/mol. The Morgan fingerprint density at radius 1 is 1.08 bits per heavy atom. The van der Waals surface area contributed by atoms with Crippen LogP contribution in [-0.2, 0) is 0 Å². The summed E-state index contributed by atoms with van der Waals surface area (Å²) >= 11 is 0. The second-order valence-corrected chi connectivity index (χ2v) is 8.46. The zero-order chi connectivity index (χ0) is 10.9. The Labute approximate surface area is 79.2 Å². The summed E-state index contributed by atoms with van der Waals surface area (Å²) in [6.07, 6.45) is 3.30. The largest absolute Gasteiger partial charge is 0.251 e. The van der Waals surface area contributed by atoms with Crippen LogP contribution in [0.1, 0.15) is 0 Å². The van der Waals surface area contributed by atoms with Crippen molar-refractivity contribution in [2.75, 3.05) is 34.9 Å². The Morgan fingerprint density at radius 2 is 1.46 bits per heavy atom. The van der Waals surface area contributed by atoms with Gasteiger partial charge in [-0.15, -0.1) is 0 Å². The molecule has 0 amide bonds. The summed E-state index contributed by atoms with van der Waals surface area (Å²) in [4.78, 5) is 0. The van der Waals surface area contributed by atoms with E-state index in [-0.39, 0.29) is 0 Å². The van der Waals surface area contributed by atoms with E-state index in [2.05, 4.69) is 10.8 Å². The predicted molar refractivity (Wildman–Crippen MR) is 58.9 cm³/mol. The molecule has 2 atom stereocenters. The lowest BCUT2D eigenvalue weighted by molar-refractivity contribution is 0.603. The van der Waals surface area contributed by atoms with Gasteiger partial charge in [-0.05, 0) is 34.5 Å². The Morgan fingerprint density at radius 3 is 1.69 bits per heavy atom. The molecule has 0 aliphatic rings. The fourth-order valence-corrected chi connectivity index (χ4v) is 3.69. The van der Waals surface area contributed by atoms with Crippen LogP contribution in [0.3, 0.4) is 0 Å². The Balaban J connectivity index is 5.05. The van der Waals surface area contributed by atoms with E-state index in [1.807, 2.05) is 0 Å². The smallest absolute Gasteiger partial charge is 0.219 e. The molecular formula is C6H17F2N3P2. The van der Waals surface area contributed by atoms with E-state index in [1.165, 1.54) is 30.1 Å². The van der Waals surface area contributed by atoms with Crippen LogP contribution in [0.15, 0.2) is 4.52 Å². The van der Waals surface area contributed by atoms with E-state index in [1.54, 1.807) is 14.1 Å². The van der Waals surface area contributed by atoms with Gasteiger partial charge in [0.2, 0.25) is 15.0 Å². The summed E-state index contributed by atoms with van der Waals surface area (Å²) in [6, 6.07) is 0. The summed E-state index contributed by atoms with van der Waals surface area (Å²) in [5, 5.41) is 0. The van der Waals surface area contributed by atoms with Crippen molar-refractivity contribution in [2.45, 2.75) is 0 Å². The fourth-order valence-electron chi connectivity index (χ4n) is 0.410. The first kappa shape index (κ1) is 13.3. The lowest BCUT2D eigenvalue weighted by atomic mass is 11.3. The number of halogens is 2. The molecule has 0 spiro atoms. The molecule has 0 aromatic heterocycles. The quantitative estimate of drug-likeness (QED) is 0.695. The van der Waals surface area contributed by atoms with Crippen LogP contribution in [0.25, 0.3) is 0 Å². The van der Waals surface area contributed by atoms with Crippen LogP contribution in [0.4, 0.5) is 8.39 Å². The molecule has 13 heavy (non-hydrogen) atoms. The van der Waals surface area contributed by atoms with Gasteiger partial charge in [0.25, 0.3) is 0 Å². The highest BCUT2D eigenvalue weighted by molar-refractivity contribution is 7.73. The molecule has 0 bridgehead atoms. The first-order valence-electron chi connectivity index (χ1n) is 3.69. The lowest BCUT2D eigenvalue weighted by Gasteiger charge is -2.24. The molecule has 0 aromatic carbocycles. The standard InChI is InChI=1S/C6H17F2N3P2/c1-10(2)12(5,7)9-13(6,8)11(3)4/h5H2,1-4,6H3. The molecule has 0 aliphatic heterocycles. The van der Waals surface area contributed by atoms with Gasteiger partial charge in [0.15, 0.2) is 0 Å². The van der Waals surface area contributed by atoms with Crippen LogP contribution >= 0.6 is 15.0 Å². The first-order valence-corrected chi connectivity index (χ1v) is 7.49. The Hall–Kier alpha value is 0.310. The zero-order valence-electron chi connectivity index (χ0n) is 8.70. The molecule has 0 heterocycles. The van der Waals surface area contributed by atoms with Gasteiger partial charge in [0.05, 0.1) is 0 Å². The summed E-state index contributed by atoms with van der Waals surface area (Å²) in [5.74, 6) is 0. The molecule has 3 nitrogen and oxygen atoms in total. The molecule has 0 saturated heterocycles. The molecule has 0 rings (SSSR count). The molecule has 7 heteroatoms. The molecule has 2 unspecified atom stereocenters. The normalized spacial score (nSPS) is 21.3. The van der Waals surface area contributed by atoms with Crippen molar-refractivity contribution < 1.29 is 8.39 Å². The van der Waals surface area contributed by atoms with Crippen LogP contribution in [0.5, 0.6) is 0 Å². The van der Waals surface area contributed by atoms with Gasteiger partial charge >= 0.3 is 0 Å². The van der Waals surface area contributed by atoms with Gasteiger partial charge in [0, 0.05) is 6.66 Å². The lowest BCUT2D eigenvalue weighted by Crippen LogP contribution is -2.07. The predicted octanol–water partition coefficient (Wildman–Crippen LogP) is 2.90. The topological polar surface area (TPSA) is 18.8 Å². The van der Waals surface area contributed by atoms with Crippen molar-refractivity contribution in [3.05, 3.63) is 0 Å². The fraction of sp³-hybridized carbons (Fsp3) is 0.833. The van der Waals surface area contributed by atoms with Crippen molar-refractivity contribution >= 4 is 21.3 Å². The van der Waals surface area contributed by atoms with Gasteiger partial charge in [-0.25, -0.2) is 4.67 Å². The minimum Gasteiger partial charge on any atom is -0.251 e. The zero-order valence-corrected chi connectivity index (χ0v) is 10.5.